The van der Waals surface area contributed by atoms with Gasteiger partial charge in [0, 0.05) is 6.54 Å². The van der Waals surface area contributed by atoms with Gasteiger partial charge in [-0.1, -0.05) is 30.3 Å². The van der Waals surface area contributed by atoms with Crippen molar-refractivity contribution in [3.8, 4) is 11.1 Å². The molecule has 0 aliphatic carbocycles. The molecule has 0 unspecified atom stereocenters. The zero-order chi connectivity index (χ0) is 13.0. The van der Waals surface area contributed by atoms with Crippen molar-refractivity contribution in [3.05, 3.63) is 54.1 Å². The molecule has 6 N–H and O–H groups in total. The Bertz CT molecular complexity index is 572. The van der Waals surface area contributed by atoms with Crippen LogP contribution < -0.4 is 17.2 Å². The highest BCUT2D eigenvalue weighted by atomic mass is 15.0. The minimum atomic E-state index is 0.0582. The average Bonchev–Trinajstić information content (AvgIpc) is 2.38. The summed E-state index contributed by atoms with van der Waals surface area (Å²) in [6.45, 7) is 0.529. The van der Waals surface area contributed by atoms with Crippen molar-refractivity contribution in [2.75, 3.05) is 0 Å². The summed E-state index contributed by atoms with van der Waals surface area (Å²) in [6.07, 6.45) is 0. The summed E-state index contributed by atoms with van der Waals surface area (Å²) in [5, 5.41) is 0. The van der Waals surface area contributed by atoms with Crippen molar-refractivity contribution in [2.24, 2.45) is 22.2 Å². The third kappa shape index (κ3) is 2.87. The molecular formula is C14H16N4. The second-order valence-electron chi connectivity index (χ2n) is 3.99. The van der Waals surface area contributed by atoms with Crippen LogP contribution in [0, 0.1) is 0 Å². The zero-order valence-corrected chi connectivity index (χ0v) is 10.0. The lowest BCUT2D eigenvalue weighted by atomic mass is 10.0. The summed E-state index contributed by atoms with van der Waals surface area (Å²) in [5.74, 6) is 0.0582. The Balaban J connectivity index is 2.41. The topological polar surface area (TPSA) is 90.4 Å². The van der Waals surface area contributed by atoms with E-state index in [1.165, 1.54) is 0 Å². The first-order chi connectivity index (χ1) is 8.69. The fourth-order valence-electron chi connectivity index (χ4n) is 1.78. The maximum Gasteiger partial charge on any atom is 0.191 e. The fourth-order valence-corrected chi connectivity index (χ4v) is 1.78. The maximum atomic E-state index is 5.64. The highest BCUT2D eigenvalue weighted by Crippen LogP contribution is 2.24. The Morgan fingerprint density at radius 2 is 1.61 bits per heavy atom. The second kappa shape index (κ2) is 5.33. The van der Waals surface area contributed by atoms with E-state index in [1.807, 2.05) is 42.5 Å². The number of benzene rings is 2. The van der Waals surface area contributed by atoms with Gasteiger partial charge in [0.1, 0.15) is 0 Å². The number of hydrogen-bond acceptors (Lipinski definition) is 2. The van der Waals surface area contributed by atoms with Crippen LogP contribution in [0.4, 0.5) is 5.69 Å². The molecule has 0 bridgehead atoms. The summed E-state index contributed by atoms with van der Waals surface area (Å²) in [6, 6.07) is 15.8. The van der Waals surface area contributed by atoms with E-state index in [2.05, 4.69) is 11.1 Å². The first-order valence-electron chi connectivity index (χ1n) is 5.68. The SMILES string of the molecule is NCc1cccc(-c2cccc(N=C(N)N)c2)c1. The molecular weight excluding hydrogens is 224 g/mol. The van der Waals surface area contributed by atoms with Crippen molar-refractivity contribution >= 4 is 11.6 Å². The van der Waals surface area contributed by atoms with E-state index >= 15 is 0 Å². The highest BCUT2D eigenvalue weighted by Gasteiger charge is 2.00. The summed E-state index contributed by atoms with van der Waals surface area (Å²) in [4.78, 5) is 4.04. The second-order valence-corrected chi connectivity index (χ2v) is 3.99. The zero-order valence-electron chi connectivity index (χ0n) is 10.0. The van der Waals surface area contributed by atoms with Gasteiger partial charge in [-0.2, -0.15) is 0 Å². The Hall–Kier alpha value is -2.33. The van der Waals surface area contributed by atoms with Gasteiger partial charge in [0.2, 0.25) is 0 Å². The molecule has 0 saturated heterocycles. The van der Waals surface area contributed by atoms with Crippen molar-refractivity contribution in [1.82, 2.24) is 0 Å². The van der Waals surface area contributed by atoms with Gasteiger partial charge in [-0.15, -0.1) is 0 Å². The van der Waals surface area contributed by atoms with E-state index in [4.69, 9.17) is 17.2 Å². The third-order valence-electron chi connectivity index (χ3n) is 2.60. The van der Waals surface area contributed by atoms with Crippen LogP contribution >= 0.6 is 0 Å². The summed E-state index contributed by atoms with van der Waals surface area (Å²) in [7, 11) is 0. The molecule has 4 heteroatoms. The largest absolute Gasteiger partial charge is 0.370 e. The van der Waals surface area contributed by atoms with E-state index in [9.17, 15) is 0 Å². The summed E-state index contributed by atoms with van der Waals surface area (Å²) in [5.41, 5.74) is 20.4. The van der Waals surface area contributed by atoms with Crippen molar-refractivity contribution < 1.29 is 0 Å². The van der Waals surface area contributed by atoms with Gasteiger partial charge in [0.15, 0.2) is 5.96 Å². The predicted molar refractivity (Wildman–Crippen MR) is 75.2 cm³/mol. The molecule has 0 aromatic heterocycles. The molecule has 0 atom stereocenters. The third-order valence-corrected chi connectivity index (χ3v) is 2.60. The van der Waals surface area contributed by atoms with Crippen LogP contribution in [-0.2, 0) is 6.54 Å². The molecule has 18 heavy (non-hydrogen) atoms. The van der Waals surface area contributed by atoms with Crippen molar-refractivity contribution in [1.29, 1.82) is 0 Å². The first kappa shape index (κ1) is 12.1. The minimum Gasteiger partial charge on any atom is -0.370 e. The predicted octanol–water partition coefficient (Wildman–Crippen LogP) is 1.72. The van der Waals surface area contributed by atoms with Crippen molar-refractivity contribution in [2.45, 2.75) is 6.54 Å². The molecule has 0 aliphatic heterocycles. The van der Waals surface area contributed by atoms with Crippen LogP contribution in [0.5, 0.6) is 0 Å². The lowest BCUT2D eigenvalue weighted by Crippen LogP contribution is -2.21. The number of nitrogens with zero attached hydrogens (tertiary/aromatic N) is 1. The summed E-state index contributed by atoms with van der Waals surface area (Å²) >= 11 is 0. The van der Waals surface area contributed by atoms with Crippen LogP contribution in [0.2, 0.25) is 0 Å². The van der Waals surface area contributed by atoms with Gasteiger partial charge in [-0.05, 0) is 34.9 Å². The monoisotopic (exact) mass is 240 g/mol. The molecule has 2 rings (SSSR count). The number of aliphatic imine (C=N–C) groups is 1. The highest BCUT2D eigenvalue weighted by molar-refractivity contribution is 5.80. The molecule has 0 saturated carbocycles. The first-order valence-corrected chi connectivity index (χ1v) is 5.68. The van der Waals surface area contributed by atoms with E-state index < -0.39 is 0 Å². The van der Waals surface area contributed by atoms with Gasteiger partial charge >= 0.3 is 0 Å². The van der Waals surface area contributed by atoms with Crippen LogP contribution in [0.1, 0.15) is 5.56 Å². The minimum absolute atomic E-state index is 0.0582. The number of nitrogens with two attached hydrogens (primary N) is 3. The van der Waals surface area contributed by atoms with Crippen LogP contribution in [0.3, 0.4) is 0 Å². The van der Waals surface area contributed by atoms with Gasteiger partial charge in [-0.3, -0.25) is 0 Å². The van der Waals surface area contributed by atoms with Crippen LogP contribution in [0.15, 0.2) is 53.5 Å². The molecule has 0 heterocycles. The Morgan fingerprint density at radius 1 is 0.944 bits per heavy atom. The Kier molecular flexibility index (Phi) is 3.60. The van der Waals surface area contributed by atoms with E-state index in [0.29, 0.717) is 6.54 Å². The molecule has 0 radical (unpaired) electrons. The lowest BCUT2D eigenvalue weighted by Gasteiger charge is -2.05. The van der Waals surface area contributed by atoms with Gasteiger partial charge in [-0.25, -0.2) is 4.99 Å². The number of hydrogen-bond donors (Lipinski definition) is 3. The smallest absolute Gasteiger partial charge is 0.191 e. The van der Waals surface area contributed by atoms with Crippen LogP contribution in [-0.4, -0.2) is 5.96 Å². The van der Waals surface area contributed by atoms with Gasteiger partial charge in [0.25, 0.3) is 0 Å². The van der Waals surface area contributed by atoms with Crippen LogP contribution in [0.25, 0.3) is 11.1 Å². The van der Waals surface area contributed by atoms with Gasteiger partial charge < -0.3 is 17.2 Å². The Morgan fingerprint density at radius 3 is 2.28 bits per heavy atom. The number of rotatable bonds is 3. The lowest BCUT2D eigenvalue weighted by molar-refractivity contribution is 1.07. The molecule has 92 valence electrons. The standard InChI is InChI=1S/C14H16N4/c15-9-10-3-1-4-11(7-10)12-5-2-6-13(8-12)18-14(16)17/h1-8H,9,15H2,(H4,16,17,18). The Labute approximate surface area is 106 Å². The molecule has 0 aliphatic rings. The fraction of sp³-hybridized carbons (Fsp3) is 0.0714. The maximum absolute atomic E-state index is 5.64. The molecule has 0 amide bonds. The molecule has 0 fully saturated rings. The van der Waals surface area contributed by atoms with E-state index in [-0.39, 0.29) is 5.96 Å². The van der Waals surface area contributed by atoms with E-state index in [1.54, 1.807) is 0 Å². The summed E-state index contributed by atoms with van der Waals surface area (Å²) < 4.78 is 0. The number of guanidine groups is 1. The molecule has 2 aromatic rings. The van der Waals surface area contributed by atoms with E-state index in [0.717, 1.165) is 22.4 Å². The van der Waals surface area contributed by atoms with Gasteiger partial charge in [0.05, 0.1) is 5.69 Å². The average molecular weight is 240 g/mol. The molecule has 0 spiro atoms. The van der Waals surface area contributed by atoms with Crippen molar-refractivity contribution in [3.63, 3.8) is 0 Å². The normalized spacial score (nSPS) is 10.1. The molecule has 4 nitrogen and oxygen atoms in total. The molecule has 2 aromatic carbocycles. The quantitative estimate of drug-likeness (QED) is 0.563.